The molecule has 1 aromatic rings. The van der Waals surface area contributed by atoms with Crippen molar-refractivity contribution in [1.82, 2.24) is 0 Å². The maximum atomic E-state index is 11.8. The number of hydrogen-bond acceptors (Lipinski definition) is 5. The van der Waals surface area contributed by atoms with Crippen LogP contribution in [0.2, 0.25) is 0 Å². The molecule has 6 nitrogen and oxygen atoms in total. The lowest BCUT2D eigenvalue weighted by molar-refractivity contribution is -0.138. The van der Waals surface area contributed by atoms with Crippen molar-refractivity contribution in [2.75, 3.05) is 11.9 Å². The van der Waals surface area contributed by atoms with E-state index in [1.807, 2.05) is 6.92 Å². The van der Waals surface area contributed by atoms with E-state index in [0.717, 1.165) is 11.3 Å². The summed E-state index contributed by atoms with van der Waals surface area (Å²) in [6.07, 6.45) is 0.363. The second-order valence-corrected chi connectivity index (χ2v) is 5.11. The van der Waals surface area contributed by atoms with Crippen LogP contribution in [-0.4, -0.2) is 29.6 Å². The van der Waals surface area contributed by atoms with E-state index in [4.69, 9.17) is 9.84 Å². The van der Waals surface area contributed by atoms with Gasteiger partial charge in [-0.15, -0.1) is 11.3 Å². The molecule has 1 heterocycles. The molecule has 0 aliphatic heterocycles. The quantitative estimate of drug-likeness (QED) is 0.753. The maximum Gasteiger partial charge on any atom is 0.350 e. The first-order valence-corrected chi connectivity index (χ1v) is 7.11. The van der Waals surface area contributed by atoms with Crippen LogP contribution in [0.25, 0.3) is 0 Å². The lowest BCUT2D eigenvalue weighted by Gasteiger charge is -2.05. The van der Waals surface area contributed by atoms with Crippen molar-refractivity contribution in [3.05, 3.63) is 15.8 Å². The predicted octanol–water partition coefficient (Wildman–Crippen LogP) is 2.29. The number of aryl methyl sites for hydroxylation is 1. The van der Waals surface area contributed by atoms with E-state index in [1.54, 1.807) is 13.0 Å². The van der Waals surface area contributed by atoms with Crippen molar-refractivity contribution in [1.29, 1.82) is 0 Å². The zero-order valence-electron chi connectivity index (χ0n) is 11.4. The van der Waals surface area contributed by atoms with E-state index in [2.05, 4.69) is 5.32 Å². The number of aliphatic carboxylic acids is 1. The van der Waals surface area contributed by atoms with E-state index >= 15 is 0 Å². The molecule has 0 aliphatic rings. The number of carboxylic acids is 1. The summed E-state index contributed by atoms with van der Waals surface area (Å²) in [5, 5.41) is 11.1. The molecule has 7 heteroatoms. The van der Waals surface area contributed by atoms with Gasteiger partial charge >= 0.3 is 11.9 Å². The van der Waals surface area contributed by atoms with Gasteiger partial charge in [-0.2, -0.15) is 0 Å². The van der Waals surface area contributed by atoms with Crippen LogP contribution < -0.4 is 5.32 Å². The van der Waals surface area contributed by atoms with Crippen molar-refractivity contribution >= 4 is 34.9 Å². The van der Waals surface area contributed by atoms with Crippen molar-refractivity contribution in [2.45, 2.75) is 33.1 Å². The number of thiophene rings is 1. The summed E-state index contributed by atoms with van der Waals surface area (Å²) in [6.45, 7) is 3.90. The average molecular weight is 299 g/mol. The summed E-state index contributed by atoms with van der Waals surface area (Å²) >= 11 is 1.27. The summed E-state index contributed by atoms with van der Waals surface area (Å²) in [5.74, 6) is -1.95. The van der Waals surface area contributed by atoms with Crippen molar-refractivity contribution in [3.8, 4) is 0 Å². The summed E-state index contributed by atoms with van der Waals surface area (Å²) in [4.78, 5) is 35.1. The Labute approximate surface area is 120 Å². The molecule has 0 spiro atoms. The Hall–Kier alpha value is -1.89. The van der Waals surface area contributed by atoms with E-state index in [0.29, 0.717) is 10.6 Å². The number of anilines is 1. The van der Waals surface area contributed by atoms with Gasteiger partial charge in [-0.3, -0.25) is 9.59 Å². The Morgan fingerprint density at radius 1 is 1.30 bits per heavy atom. The Morgan fingerprint density at radius 2 is 2.00 bits per heavy atom. The molecule has 0 bridgehead atoms. The first kappa shape index (κ1) is 16.2. The molecule has 1 aromatic heterocycles. The Bertz CT molecular complexity index is 509. The molecule has 0 saturated heterocycles. The summed E-state index contributed by atoms with van der Waals surface area (Å²) in [7, 11) is 0. The van der Waals surface area contributed by atoms with Gasteiger partial charge in [0, 0.05) is 11.3 Å². The van der Waals surface area contributed by atoms with Crippen LogP contribution in [0.5, 0.6) is 0 Å². The summed E-state index contributed by atoms with van der Waals surface area (Å²) in [6, 6.07) is 1.72. The molecule has 0 aliphatic carbocycles. The van der Waals surface area contributed by atoms with Crippen LogP contribution in [0.3, 0.4) is 0 Å². The van der Waals surface area contributed by atoms with Gasteiger partial charge < -0.3 is 15.2 Å². The molecule has 0 unspecified atom stereocenters. The monoisotopic (exact) mass is 299 g/mol. The molecule has 1 amide bonds. The SMILES string of the molecule is CCOC(=O)c1sc(CC)cc1NC(=O)CCC(=O)O. The summed E-state index contributed by atoms with van der Waals surface area (Å²) < 4.78 is 4.93. The number of amides is 1. The summed E-state index contributed by atoms with van der Waals surface area (Å²) in [5.41, 5.74) is 0.390. The molecule has 0 atom stereocenters. The topological polar surface area (TPSA) is 92.7 Å². The van der Waals surface area contributed by atoms with E-state index < -0.39 is 17.8 Å². The maximum absolute atomic E-state index is 11.8. The van der Waals surface area contributed by atoms with Crippen LogP contribution in [0.4, 0.5) is 5.69 Å². The second-order valence-electron chi connectivity index (χ2n) is 3.97. The number of nitrogens with one attached hydrogen (secondary N) is 1. The number of hydrogen-bond donors (Lipinski definition) is 2. The molecule has 0 saturated carbocycles. The van der Waals surface area contributed by atoms with Gasteiger partial charge in [0.2, 0.25) is 5.91 Å². The van der Waals surface area contributed by atoms with Gasteiger partial charge in [0.15, 0.2) is 0 Å². The standard InChI is InChI=1S/C13H17NO5S/c1-3-8-7-9(12(20-8)13(18)19-4-2)14-10(15)5-6-11(16)17/h7H,3-6H2,1-2H3,(H,14,15)(H,16,17). The van der Waals surface area contributed by atoms with Crippen molar-refractivity contribution in [3.63, 3.8) is 0 Å². The van der Waals surface area contributed by atoms with Gasteiger partial charge in [0.1, 0.15) is 4.88 Å². The van der Waals surface area contributed by atoms with Crippen molar-refractivity contribution in [2.24, 2.45) is 0 Å². The lowest BCUT2D eigenvalue weighted by atomic mass is 10.2. The van der Waals surface area contributed by atoms with Crippen LogP contribution in [0, 0.1) is 0 Å². The van der Waals surface area contributed by atoms with E-state index in [1.165, 1.54) is 11.3 Å². The molecular weight excluding hydrogens is 282 g/mol. The molecule has 2 N–H and O–H groups in total. The highest BCUT2D eigenvalue weighted by molar-refractivity contribution is 7.14. The molecule has 1 rings (SSSR count). The number of rotatable bonds is 7. The van der Waals surface area contributed by atoms with E-state index in [9.17, 15) is 14.4 Å². The normalized spacial score (nSPS) is 10.1. The molecular formula is C13H17NO5S. The number of ether oxygens (including phenoxy) is 1. The third-order valence-corrected chi connectivity index (χ3v) is 3.69. The molecule has 0 radical (unpaired) electrons. The minimum absolute atomic E-state index is 0.130. The fraction of sp³-hybridized carbons (Fsp3) is 0.462. The zero-order chi connectivity index (χ0) is 15.1. The molecule has 110 valence electrons. The fourth-order valence-corrected chi connectivity index (χ4v) is 2.44. The Balaban J connectivity index is 2.82. The van der Waals surface area contributed by atoms with Gasteiger partial charge in [0.05, 0.1) is 18.7 Å². The first-order valence-electron chi connectivity index (χ1n) is 6.29. The minimum Gasteiger partial charge on any atom is -0.481 e. The largest absolute Gasteiger partial charge is 0.481 e. The third kappa shape index (κ3) is 4.65. The van der Waals surface area contributed by atoms with E-state index in [-0.39, 0.29) is 19.4 Å². The average Bonchev–Trinajstić information content (AvgIpc) is 2.80. The Morgan fingerprint density at radius 3 is 2.55 bits per heavy atom. The van der Waals surface area contributed by atoms with Crippen LogP contribution >= 0.6 is 11.3 Å². The molecule has 0 fully saturated rings. The number of carboxylic acid groups (broad SMARTS) is 1. The van der Waals surface area contributed by atoms with Crippen LogP contribution in [-0.2, 0) is 20.7 Å². The van der Waals surface area contributed by atoms with Crippen LogP contribution in [0.1, 0.15) is 41.2 Å². The smallest absolute Gasteiger partial charge is 0.350 e. The molecule has 20 heavy (non-hydrogen) atoms. The highest BCUT2D eigenvalue weighted by Gasteiger charge is 2.18. The number of carbonyl (C=O) groups is 3. The number of carbonyl (C=O) groups excluding carboxylic acids is 2. The third-order valence-electron chi connectivity index (χ3n) is 2.43. The first-order chi connectivity index (χ1) is 9.47. The Kier molecular flexibility index (Phi) is 6.17. The molecule has 0 aromatic carbocycles. The highest BCUT2D eigenvalue weighted by Crippen LogP contribution is 2.28. The fourth-order valence-electron chi connectivity index (χ4n) is 1.49. The van der Waals surface area contributed by atoms with Gasteiger partial charge in [0.25, 0.3) is 0 Å². The zero-order valence-corrected chi connectivity index (χ0v) is 12.2. The van der Waals surface area contributed by atoms with Crippen molar-refractivity contribution < 1.29 is 24.2 Å². The number of esters is 1. The lowest BCUT2D eigenvalue weighted by Crippen LogP contribution is -2.15. The second kappa shape index (κ2) is 7.64. The van der Waals surface area contributed by atoms with Gasteiger partial charge in [-0.25, -0.2) is 4.79 Å². The van der Waals surface area contributed by atoms with Gasteiger partial charge in [-0.05, 0) is 19.4 Å². The van der Waals surface area contributed by atoms with Gasteiger partial charge in [-0.1, -0.05) is 6.92 Å². The predicted molar refractivity (Wildman–Crippen MR) is 75.2 cm³/mol. The minimum atomic E-state index is -1.04. The van der Waals surface area contributed by atoms with Crippen LogP contribution in [0.15, 0.2) is 6.07 Å². The highest BCUT2D eigenvalue weighted by atomic mass is 32.1.